The van der Waals surface area contributed by atoms with E-state index in [0.29, 0.717) is 5.11 Å². The molecule has 0 amide bonds. The molecule has 22 heavy (non-hydrogen) atoms. The van der Waals surface area contributed by atoms with Gasteiger partial charge in [-0.05, 0) is 43.8 Å². The number of thiocarbonyl (C=S) groups is 1. The minimum atomic E-state index is 0.430. The van der Waals surface area contributed by atoms with Gasteiger partial charge in [-0.25, -0.2) is 0 Å². The van der Waals surface area contributed by atoms with Crippen LogP contribution >= 0.6 is 12.2 Å². The number of benzene rings is 2. The molecule has 0 unspecified atom stereocenters. The molecule has 0 aliphatic rings. The van der Waals surface area contributed by atoms with Gasteiger partial charge in [0.1, 0.15) is 5.75 Å². The lowest BCUT2D eigenvalue weighted by molar-refractivity contribution is 0.415. The maximum absolute atomic E-state index is 5.23. The van der Waals surface area contributed by atoms with Crippen molar-refractivity contribution in [1.82, 2.24) is 5.43 Å². The van der Waals surface area contributed by atoms with Gasteiger partial charge >= 0.3 is 0 Å². The lowest BCUT2D eigenvalue weighted by Gasteiger charge is -2.09. The molecule has 0 heterocycles. The molecule has 5 heteroatoms. The van der Waals surface area contributed by atoms with Gasteiger partial charge in [0.25, 0.3) is 0 Å². The second kappa shape index (κ2) is 7.56. The Labute approximate surface area is 136 Å². The molecule has 0 aromatic heterocycles. The van der Waals surface area contributed by atoms with Crippen LogP contribution in [0.15, 0.2) is 53.6 Å². The maximum atomic E-state index is 5.23. The highest BCUT2D eigenvalue weighted by atomic mass is 32.1. The second-order valence-corrected chi connectivity index (χ2v) is 5.27. The molecule has 2 N–H and O–H groups in total. The number of hydrazone groups is 1. The van der Waals surface area contributed by atoms with Crippen LogP contribution in [0.1, 0.15) is 18.1 Å². The Bertz CT molecular complexity index is 681. The van der Waals surface area contributed by atoms with Crippen molar-refractivity contribution in [2.75, 3.05) is 12.4 Å². The van der Waals surface area contributed by atoms with Gasteiger partial charge in [0.2, 0.25) is 0 Å². The van der Waals surface area contributed by atoms with Gasteiger partial charge in [0, 0.05) is 11.8 Å². The number of aryl methyl sites for hydroxylation is 1. The summed E-state index contributed by atoms with van der Waals surface area (Å²) in [5.41, 5.74) is 6.85. The summed E-state index contributed by atoms with van der Waals surface area (Å²) in [5, 5.41) is 7.79. The van der Waals surface area contributed by atoms with Crippen LogP contribution in [0.3, 0.4) is 0 Å². The topological polar surface area (TPSA) is 45.6 Å². The Morgan fingerprint density at radius 3 is 2.55 bits per heavy atom. The summed E-state index contributed by atoms with van der Waals surface area (Å²) in [6.07, 6.45) is 0. The van der Waals surface area contributed by atoms with Gasteiger partial charge in [-0.3, -0.25) is 5.43 Å². The Hall–Kier alpha value is -2.40. The summed E-state index contributed by atoms with van der Waals surface area (Å²) in [4.78, 5) is 0. The molecule has 0 saturated heterocycles. The van der Waals surface area contributed by atoms with Crippen molar-refractivity contribution >= 4 is 28.7 Å². The molecular formula is C17H19N3OS. The van der Waals surface area contributed by atoms with Crippen LogP contribution in [-0.2, 0) is 0 Å². The highest BCUT2D eigenvalue weighted by Gasteiger charge is 2.00. The fraction of sp³-hybridized carbons (Fsp3) is 0.176. The van der Waals surface area contributed by atoms with Gasteiger partial charge in [0.05, 0.1) is 12.8 Å². The van der Waals surface area contributed by atoms with Crippen molar-refractivity contribution in [3.8, 4) is 5.75 Å². The van der Waals surface area contributed by atoms with Crippen LogP contribution in [0, 0.1) is 6.92 Å². The van der Waals surface area contributed by atoms with Crippen molar-refractivity contribution in [3.63, 3.8) is 0 Å². The number of methoxy groups -OCH3 is 1. The molecule has 2 aromatic rings. The first kappa shape index (κ1) is 16.0. The van der Waals surface area contributed by atoms with Crippen LogP contribution in [-0.4, -0.2) is 17.9 Å². The standard InChI is InChI=1S/C17H19N3OS/c1-12-7-9-14(10-8-12)13(2)19-20-17(22)18-15-5-4-6-16(11-15)21-3/h4-11H,1-3H3,(H2,18,20,22)/b19-13+. The van der Waals surface area contributed by atoms with Gasteiger partial charge in [0.15, 0.2) is 5.11 Å². The van der Waals surface area contributed by atoms with E-state index in [1.54, 1.807) is 7.11 Å². The van der Waals surface area contributed by atoms with Crippen LogP contribution in [0.25, 0.3) is 0 Å². The molecule has 0 fully saturated rings. The van der Waals surface area contributed by atoms with E-state index in [9.17, 15) is 0 Å². The first-order chi connectivity index (χ1) is 10.6. The van der Waals surface area contributed by atoms with Crippen molar-refractivity contribution in [2.24, 2.45) is 5.10 Å². The summed E-state index contributed by atoms with van der Waals surface area (Å²) in [6, 6.07) is 15.7. The quantitative estimate of drug-likeness (QED) is 0.513. The zero-order valence-corrected chi connectivity index (χ0v) is 13.7. The summed E-state index contributed by atoms with van der Waals surface area (Å²) >= 11 is 5.23. The molecule has 0 radical (unpaired) electrons. The molecule has 0 bridgehead atoms. The molecule has 0 aliphatic carbocycles. The van der Waals surface area contributed by atoms with E-state index in [1.807, 2.05) is 43.3 Å². The Morgan fingerprint density at radius 2 is 1.86 bits per heavy atom. The van der Waals surface area contributed by atoms with Crippen LogP contribution in [0.4, 0.5) is 5.69 Å². The zero-order chi connectivity index (χ0) is 15.9. The predicted octanol–water partition coefficient (Wildman–Crippen LogP) is 3.71. The highest BCUT2D eigenvalue weighted by Crippen LogP contribution is 2.16. The monoisotopic (exact) mass is 313 g/mol. The molecule has 0 atom stereocenters. The first-order valence-corrected chi connectivity index (χ1v) is 7.31. The lowest BCUT2D eigenvalue weighted by atomic mass is 10.1. The van der Waals surface area contributed by atoms with E-state index < -0.39 is 0 Å². The minimum Gasteiger partial charge on any atom is -0.497 e. The van der Waals surface area contributed by atoms with Gasteiger partial charge in [-0.1, -0.05) is 35.9 Å². The third-order valence-corrected chi connectivity index (χ3v) is 3.32. The van der Waals surface area contributed by atoms with Gasteiger partial charge in [-0.15, -0.1) is 0 Å². The summed E-state index contributed by atoms with van der Waals surface area (Å²) in [7, 11) is 1.63. The molecule has 2 aromatic carbocycles. The summed E-state index contributed by atoms with van der Waals surface area (Å²) in [6.45, 7) is 3.99. The van der Waals surface area contributed by atoms with Crippen LogP contribution in [0.2, 0.25) is 0 Å². The number of hydrogen-bond acceptors (Lipinski definition) is 3. The van der Waals surface area contributed by atoms with Gasteiger partial charge < -0.3 is 10.1 Å². The van der Waals surface area contributed by atoms with Crippen LogP contribution < -0.4 is 15.5 Å². The van der Waals surface area contributed by atoms with E-state index >= 15 is 0 Å². The van der Waals surface area contributed by atoms with Crippen molar-refractivity contribution < 1.29 is 4.74 Å². The van der Waals surface area contributed by atoms with Crippen molar-refractivity contribution in [2.45, 2.75) is 13.8 Å². The van der Waals surface area contributed by atoms with E-state index in [0.717, 1.165) is 22.7 Å². The number of nitrogens with one attached hydrogen (secondary N) is 2. The third-order valence-electron chi connectivity index (χ3n) is 3.12. The Kier molecular flexibility index (Phi) is 5.49. The number of rotatable bonds is 4. The SMILES string of the molecule is COc1cccc(NC(=S)N/N=C(\C)c2ccc(C)cc2)c1. The minimum absolute atomic E-state index is 0.430. The average Bonchev–Trinajstić information content (AvgIpc) is 2.53. The molecule has 0 aliphatic heterocycles. The molecule has 0 spiro atoms. The maximum Gasteiger partial charge on any atom is 0.191 e. The Balaban J connectivity index is 1.96. The highest BCUT2D eigenvalue weighted by molar-refractivity contribution is 7.80. The predicted molar refractivity (Wildman–Crippen MR) is 95.7 cm³/mol. The largest absolute Gasteiger partial charge is 0.497 e. The average molecular weight is 313 g/mol. The fourth-order valence-electron chi connectivity index (χ4n) is 1.85. The third kappa shape index (κ3) is 4.56. The van der Waals surface area contributed by atoms with Crippen LogP contribution in [0.5, 0.6) is 5.75 Å². The summed E-state index contributed by atoms with van der Waals surface area (Å²) < 4.78 is 5.17. The smallest absolute Gasteiger partial charge is 0.191 e. The lowest BCUT2D eigenvalue weighted by Crippen LogP contribution is -2.24. The zero-order valence-electron chi connectivity index (χ0n) is 12.9. The van der Waals surface area contributed by atoms with Crippen molar-refractivity contribution in [3.05, 3.63) is 59.7 Å². The normalized spacial score (nSPS) is 11.0. The number of ether oxygens (including phenoxy) is 1. The number of nitrogens with zero attached hydrogens (tertiary/aromatic N) is 1. The fourth-order valence-corrected chi connectivity index (χ4v) is 2.02. The first-order valence-electron chi connectivity index (χ1n) is 6.91. The number of anilines is 1. The van der Waals surface area contributed by atoms with Crippen molar-refractivity contribution in [1.29, 1.82) is 0 Å². The van der Waals surface area contributed by atoms with E-state index in [2.05, 4.69) is 34.9 Å². The molecule has 2 rings (SSSR count). The molecule has 114 valence electrons. The van der Waals surface area contributed by atoms with E-state index in [-0.39, 0.29) is 0 Å². The number of hydrogen-bond donors (Lipinski definition) is 2. The van der Waals surface area contributed by atoms with Gasteiger partial charge in [-0.2, -0.15) is 5.10 Å². The second-order valence-electron chi connectivity index (χ2n) is 4.86. The molecular weight excluding hydrogens is 294 g/mol. The molecule has 4 nitrogen and oxygen atoms in total. The van der Waals surface area contributed by atoms with E-state index in [4.69, 9.17) is 17.0 Å². The Morgan fingerprint density at radius 1 is 1.14 bits per heavy atom. The summed E-state index contributed by atoms with van der Waals surface area (Å²) in [5.74, 6) is 0.770. The molecule has 0 saturated carbocycles. The van der Waals surface area contributed by atoms with E-state index in [1.165, 1.54) is 5.56 Å².